The molecule has 0 unspecified atom stereocenters. The van der Waals surface area contributed by atoms with Gasteiger partial charge in [0.1, 0.15) is 11.5 Å². The van der Waals surface area contributed by atoms with E-state index in [1.165, 1.54) is 18.2 Å². The van der Waals surface area contributed by atoms with Gasteiger partial charge in [0, 0.05) is 24.0 Å². The topological polar surface area (TPSA) is 63.9 Å². The standard InChI is InChI=1S/C17H15ClFN5OS/c1-9-15-21-22-16(14-8-26-10(2)20-14)24(15)6-5-23(9)17(25)11-3-4-12(18)13(19)7-11/h3-4,7-9H,5-6H2,1-2H3/t9-/m1/s1. The van der Waals surface area contributed by atoms with Crippen molar-refractivity contribution in [2.45, 2.75) is 26.4 Å². The molecule has 1 amide bonds. The second kappa shape index (κ2) is 6.44. The highest BCUT2D eigenvalue weighted by atomic mass is 35.5. The number of amides is 1. The fourth-order valence-corrected chi connectivity index (χ4v) is 3.82. The van der Waals surface area contributed by atoms with E-state index in [9.17, 15) is 9.18 Å². The molecule has 134 valence electrons. The molecule has 1 aliphatic heterocycles. The Hall–Kier alpha value is -2.32. The maximum atomic E-state index is 13.7. The minimum absolute atomic E-state index is 0.00353. The number of nitrogens with zero attached hydrogens (tertiary/aromatic N) is 5. The summed E-state index contributed by atoms with van der Waals surface area (Å²) in [6.07, 6.45) is 0. The summed E-state index contributed by atoms with van der Waals surface area (Å²) >= 11 is 7.26. The summed E-state index contributed by atoms with van der Waals surface area (Å²) in [5.74, 6) is 0.542. The molecular formula is C17H15ClFN5OS. The Labute approximate surface area is 158 Å². The molecule has 0 saturated heterocycles. The Morgan fingerprint density at radius 1 is 1.35 bits per heavy atom. The van der Waals surface area contributed by atoms with Gasteiger partial charge < -0.3 is 9.47 Å². The second-order valence-corrected chi connectivity index (χ2v) is 7.56. The van der Waals surface area contributed by atoms with Gasteiger partial charge in [0.2, 0.25) is 0 Å². The summed E-state index contributed by atoms with van der Waals surface area (Å²) in [7, 11) is 0. The van der Waals surface area contributed by atoms with Crippen molar-refractivity contribution in [2.24, 2.45) is 0 Å². The van der Waals surface area contributed by atoms with Gasteiger partial charge in [-0.25, -0.2) is 9.37 Å². The average Bonchev–Trinajstić information content (AvgIpc) is 3.23. The number of carbonyl (C=O) groups is 1. The number of benzene rings is 1. The molecule has 0 spiro atoms. The Bertz CT molecular complexity index is 1000. The number of hydrogen-bond acceptors (Lipinski definition) is 5. The van der Waals surface area contributed by atoms with E-state index in [-0.39, 0.29) is 22.5 Å². The largest absolute Gasteiger partial charge is 0.327 e. The van der Waals surface area contributed by atoms with Gasteiger partial charge in [0.05, 0.1) is 16.1 Å². The van der Waals surface area contributed by atoms with E-state index >= 15 is 0 Å². The van der Waals surface area contributed by atoms with Crippen LogP contribution >= 0.6 is 22.9 Å². The lowest BCUT2D eigenvalue weighted by Crippen LogP contribution is -2.41. The zero-order valence-corrected chi connectivity index (χ0v) is 15.7. The van der Waals surface area contributed by atoms with E-state index in [0.717, 1.165) is 10.7 Å². The second-order valence-electron chi connectivity index (χ2n) is 6.09. The number of halogens is 2. The summed E-state index contributed by atoms with van der Waals surface area (Å²) in [5, 5.41) is 11.4. The molecule has 3 heterocycles. The summed E-state index contributed by atoms with van der Waals surface area (Å²) < 4.78 is 15.7. The summed E-state index contributed by atoms with van der Waals surface area (Å²) in [6.45, 7) is 4.86. The zero-order chi connectivity index (χ0) is 18.4. The molecule has 0 radical (unpaired) electrons. The van der Waals surface area contributed by atoms with Crippen LogP contribution in [0.15, 0.2) is 23.6 Å². The van der Waals surface area contributed by atoms with Gasteiger partial charge in [0.25, 0.3) is 5.91 Å². The molecule has 4 rings (SSSR count). The van der Waals surface area contributed by atoms with Crippen molar-refractivity contribution in [2.75, 3.05) is 6.54 Å². The molecule has 26 heavy (non-hydrogen) atoms. The number of aryl methyl sites for hydroxylation is 1. The van der Waals surface area contributed by atoms with Gasteiger partial charge in [-0.05, 0) is 32.0 Å². The predicted molar refractivity (Wildman–Crippen MR) is 96.7 cm³/mol. The van der Waals surface area contributed by atoms with E-state index in [2.05, 4.69) is 15.2 Å². The van der Waals surface area contributed by atoms with Crippen LogP contribution in [0.3, 0.4) is 0 Å². The lowest BCUT2D eigenvalue weighted by Gasteiger charge is -2.33. The van der Waals surface area contributed by atoms with Crippen LogP contribution < -0.4 is 0 Å². The zero-order valence-electron chi connectivity index (χ0n) is 14.1. The lowest BCUT2D eigenvalue weighted by molar-refractivity contribution is 0.0638. The maximum Gasteiger partial charge on any atom is 0.254 e. The van der Waals surface area contributed by atoms with E-state index in [1.807, 2.05) is 23.8 Å². The molecule has 1 atom stereocenters. The Morgan fingerprint density at radius 3 is 2.85 bits per heavy atom. The monoisotopic (exact) mass is 391 g/mol. The number of aromatic nitrogens is 4. The van der Waals surface area contributed by atoms with E-state index in [1.54, 1.807) is 16.2 Å². The molecule has 0 bridgehead atoms. The molecule has 9 heteroatoms. The quantitative estimate of drug-likeness (QED) is 0.667. The van der Waals surface area contributed by atoms with Crippen LogP contribution in [0.25, 0.3) is 11.5 Å². The first-order chi connectivity index (χ1) is 12.5. The fourth-order valence-electron chi connectivity index (χ4n) is 3.11. The summed E-state index contributed by atoms with van der Waals surface area (Å²) in [4.78, 5) is 18.9. The number of hydrogen-bond donors (Lipinski definition) is 0. The summed E-state index contributed by atoms with van der Waals surface area (Å²) in [6, 6.07) is 3.81. The molecule has 0 N–H and O–H groups in total. The minimum Gasteiger partial charge on any atom is -0.327 e. The summed E-state index contributed by atoms with van der Waals surface area (Å²) in [5.41, 5.74) is 1.06. The van der Waals surface area contributed by atoms with Crippen LogP contribution in [-0.4, -0.2) is 37.1 Å². The third-order valence-electron chi connectivity index (χ3n) is 4.46. The maximum absolute atomic E-state index is 13.7. The van der Waals surface area contributed by atoms with Crippen molar-refractivity contribution in [1.82, 2.24) is 24.6 Å². The van der Waals surface area contributed by atoms with Gasteiger partial charge in [-0.15, -0.1) is 21.5 Å². The average molecular weight is 392 g/mol. The lowest BCUT2D eigenvalue weighted by atomic mass is 10.1. The first-order valence-corrected chi connectivity index (χ1v) is 9.33. The normalized spacial score (nSPS) is 16.6. The first-order valence-electron chi connectivity index (χ1n) is 8.07. The van der Waals surface area contributed by atoms with E-state index in [4.69, 9.17) is 11.6 Å². The van der Waals surface area contributed by atoms with Crippen LogP contribution in [0.1, 0.15) is 34.2 Å². The van der Waals surface area contributed by atoms with Crippen molar-refractivity contribution in [3.05, 3.63) is 50.8 Å². The highest BCUT2D eigenvalue weighted by Gasteiger charge is 2.32. The predicted octanol–water partition coefficient (Wildman–Crippen LogP) is 3.72. The van der Waals surface area contributed by atoms with Crippen LogP contribution in [-0.2, 0) is 6.54 Å². The SMILES string of the molecule is Cc1nc(-c2nnc3n2CCN(C(=O)c2ccc(Cl)c(F)c2)[C@@H]3C)cs1. The van der Waals surface area contributed by atoms with Crippen molar-refractivity contribution < 1.29 is 9.18 Å². The van der Waals surface area contributed by atoms with E-state index in [0.29, 0.717) is 24.7 Å². The third-order valence-corrected chi connectivity index (χ3v) is 5.54. The van der Waals surface area contributed by atoms with Gasteiger partial charge in [0.15, 0.2) is 11.6 Å². The van der Waals surface area contributed by atoms with Crippen molar-refractivity contribution >= 4 is 28.8 Å². The fraction of sp³-hybridized carbons (Fsp3) is 0.294. The highest BCUT2D eigenvalue weighted by Crippen LogP contribution is 2.30. The number of thiazole rings is 1. The molecule has 0 fully saturated rings. The van der Waals surface area contributed by atoms with Crippen molar-refractivity contribution in [1.29, 1.82) is 0 Å². The smallest absolute Gasteiger partial charge is 0.254 e. The molecule has 0 aliphatic carbocycles. The molecule has 1 aromatic carbocycles. The van der Waals surface area contributed by atoms with Crippen molar-refractivity contribution in [3.63, 3.8) is 0 Å². The van der Waals surface area contributed by atoms with Gasteiger partial charge >= 0.3 is 0 Å². The molecule has 0 saturated carbocycles. The molecular weight excluding hydrogens is 377 g/mol. The van der Waals surface area contributed by atoms with Gasteiger partial charge in [-0.1, -0.05) is 11.6 Å². The minimum atomic E-state index is -0.605. The van der Waals surface area contributed by atoms with Crippen LogP contribution in [0.5, 0.6) is 0 Å². The Balaban J connectivity index is 1.64. The third kappa shape index (κ3) is 2.79. The highest BCUT2D eigenvalue weighted by molar-refractivity contribution is 7.09. The molecule has 1 aliphatic rings. The van der Waals surface area contributed by atoms with Gasteiger partial charge in [-0.3, -0.25) is 4.79 Å². The van der Waals surface area contributed by atoms with Crippen LogP contribution in [0, 0.1) is 12.7 Å². The Kier molecular flexibility index (Phi) is 4.24. The Morgan fingerprint density at radius 2 is 2.15 bits per heavy atom. The van der Waals surface area contributed by atoms with Crippen molar-refractivity contribution in [3.8, 4) is 11.5 Å². The van der Waals surface area contributed by atoms with Gasteiger partial charge in [-0.2, -0.15) is 0 Å². The number of fused-ring (bicyclic) bond motifs is 1. The molecule has 2 aromatic heterocycles. The number of carbonyl (C=O) groups excluding carboxylic acids is 1. The first kappa shape index (κ1) is 17.1. The number of rotatable bonds is 2. The molecule has 6 nitrogen and oxygen atoms in total. The van der Waals surface area contributed by atoms with E-state index < -0.39 is 5.82 Å². The molecule has 3 aromatic rings. The van der Waals surface area contributed by atoms with Crippen LogP contribution in [0.2, 0.25) is 5.02 Å². The van der Waals surface area contributed by atoms with Crippen LogP contribution in [0.4, 0.5) is 4.39 Å².